The first-order valence-corrected chi connectivity index (χ1v) is 6.54. The molecule has 1 amide bonds. The zero-order valence-electron chi connectivity index (χ0n) is 10.4. The van der Waals surface area contributed by atoms with Gasteiger partial charge in [-0.05, 0) is 6.42 Å². The number of carbonyl (C=O) groups excluding carboxylic acids is 1. The molecule has 0 aliphatic rings. The molecule has 0 aromatic carbocycles. The highest BCUT2D eigenvalue weighted by Crippen LogP contribution is 2.04. The van der Waals surface area contributed by atoms with Gasteiger partial charge in [0, 0.05) is 18.9 Å². The van der Waals surface area contributed by atoms with Gasteiger partial charge in [-0.2, -0.15) is 0 Å². The molecule has 0 saturated carbocycles. The Bertz CT molecular complexity index is 219. The van der Waals surface area contributed by atoms with Crippen molar-refractivity contribution in [3.8, 4) is 0 Å². The summed E-state index contributed by atoms with van der Waals surface area (Å²) in [5.74, 6) is 0.193. The molecule has 0 bridgehead atoms. The van der Waals surface area contributed by atoms with E-state index in [2.05, 4.69) is 12.2 Å². The van der Waals surface area contributed by atoms with Crippen LogP contribution >= 0.6 is 12.2 Å². The van der Waals surface area contributed by atoms with Gasteiger partial charge in [0.25, 0.3) is 0 Å². The van der Waals surface area contributed by atoms with Crippen molar-refractivity contribution in [1.29, 1.82) is 0 Å². The van der Waals surface area contributed by atoms with Gasteiger partial charge >= 0.3 is 0 Å². The molecule has 0 fully saturated rings. The quantitative estimate of drug-likeness (QED) is 0.483. The summed E-state index contributed by atoms with van der Waals surface area (Å²) < 4.78 is 0. The lowest BCUT2D eigenvalue weighted by atomic mass is 10.1. The van der Waals surface area contributed by atoms with Crippen LogP contribution in [0, 0.1) is 5.92 Å². The molecular weight excluding hydrogens is 220 g/mol. The van der Waals surface area contributed by atoms with Crippen LogP contribution in [0.25, 0.3) is 0 Å². The number of rotatable bonds is 9. The molecule has 16 heavy (non-hydrogen) atoms. The molecule has 0 heterocycles. The van der Waals surface area contributed by atoms with Crippen LogP contribution in [0.2, 0.25) is 0 Å². The van der Waals surface area contributed by atoms with E-state index in [1.807, 2.05) is 6.92 Å². The highest BCUT2D eigenvalue weighted by atomic mass is 32.1. The van der Waals surface area contributed by atoms with Crippen molar-refractivity contribution in [2.75, 3.05) is 6.54 Å². The lowest BCUT2D eigenvalue weighted by Gasteiger charge is -2.10. The van der Waals surface area contributed by atoms with Gasteiger partial charge in [0.2, 0.25) is 5.91 Å². The Labute approximate surface area is 104 Å². The normalized spacial score (nSPS) is 12.1. The Balaban J connectivity index is 3.41. The molecule has 0 aromatic rings. The molecule has 3 N–H and O–H groups in total. The molecule has 0 rings (SSSR count). The number of unbranched alkanes of at least 4 members (excludes halogenated alkanes) is 4. The molecule has 1 unspecified atom stereocenters. The molecule has 0 aliphatic carbocycles. The Hall–Kier alpha value is -0.640. The SMILES string of the molecule is CCCCCCCC(=O)NCC(C)C(N)=S. The molecule has 0 saturated heterocycles. The number of nitrogens with one attached hydrogen (secondary N) is 1. The van der Waals surface area contributed by atoms with E-state index in [0.29, 0.717) is 18.0 Å². The maximum Gasteiger partial charge on any atom is 0.220 e. The summed E-state index contributed by atoms with van der Waals surface area (Å²) in [4.78, 5) is 11.9. The van der Waals surface area contributed by atoms with Gasteiger partial charge in [0.05, 0.1) is 4.99 Å². The molecule has 3 nitrogen and oxygen atoms in total. The van der Waals surface area contributed by atoms with Gasteiger partial charge in [-0.3, -0.25) is 4.79 Å². The zero-order valence-corrected chi connectivity index (χ0v) is 11.2. The fourth-order valence-corrected chi connectivity index (χ4v) is 1.43. The minimum atomic E-state index is 0.0824. The van der Waals surface area contributed by atoms with Crippen molar-refractivity contribution in [3.05, 3.63) is 0 Å². The van der Waals surface area contributed by atoms with Crippen LogP contribution in [-0.2, 0) is 4.79 Å². The van der Waals surface area contributed by atoms with E-state index in [-0.39, 0.29) is 11.8 Å². The van der Waals surface area contributed by atoms with E-state index in [1.54, 1.807) is 0 Å². The van der Waals surface area contributed by atoms with Crippen LogP contribution < -0.4 is 11.1 Å². The Morgan fingerprint density at radius 2 is 1.94 bits per heavy atom. The second kappa shape index (κ2) is 9.58. The third-order valence-electron chi connectivity index (χ3n) is 2.60. The number of nitrogens with two attached hydrogens (primary N) is 1. The number of amides is 1. The van der Waals surface area contributed by atoms with Gasteiger partial charge in [0.15, 0.2) is 0 Å². The molecule has 0 aliphatic heterocycles. The first kappa shape index (κ1) is 15.4. The average Bonchev–Trinajstić information content (AvgIpc) is 2.25. The van der Waals surface area contributed by atoms with Gasteiger partial charge in [-0.25, -0.2) is 0 Å². The predicted octanol–water partition coefficient (Wildman–Crippen LogP) is 2.39. The molecule has 1 atom stereocenters. The third kappa shape index (κ3) is 8.65. The number of hydrogen-bond donors (Lipinski definition) is 2. The molecular formula is C12H24N2OS. The first-order valence-electron chi connectivity index (χ1n) is 6.14. The molecule has 0 spiro atoms. The minimum Gasteiger partial charge on any atom is -0.393 e. The Morgan fingerprint density at radius 1 is 1.31 bits per heavy atom. The van der Waals surface area contributed by atoms with Crippen molar-refractivity contribution in [2.24, 2.45) is 11.7 Å². The zero-order chi connectivity index (χ0) is 12.4. The summed E-state index contributed by atoms with van der Waals surface area (Å²) in [5.41, 5.74) is 5.46. The molecule has 94 valence electrons. The highest BCUT2D eigenvalue weighted by molar-refractivity contribution is 7.80. The average molecular weight is 244 g/mol. The van der Waals surface area contributed by atoms with Gasteiger partial charge in [-0.1, -0.05) is 51.7 Å². The van der Waals surface area contributed by atoms with E-state index in [4.69, 9.17) is 18.0 Å². The van der Waals surface area contributed by atoms with Crippen LogP contribution in [-0.4, -0.2) is 17.4 Å². The van der Waals surface area contributed by atoms with Crippen LogP contribution in [0.1, 0.15) is 52.4 Å². The van der Waals surface area contributed by atoms with Gasteiger partial charge in [0.1, 0.15) is 0 Å². The first-order chi connectivity index (χ1) is 7.57. The summed E-state index contributed by atoms with van der Waals surface area (Å²) in [5, 5.41) is 2.85. The summed E-state index contributed by atoms with van der Waals surface area (Å²) >= 11 is 4.83. The van der Waals surface area contributed by atoms with E-state index < -0.39 is 0 Å². The maximum absolute atomic E-state index is 11.4. The van der Waals surface area contributed by atoms with Crippen molar-refractivity contribution in [3.63, 3.8) is 0 Å². The largest absolute Gasteiger partial charge is 0.393 e. The van der Waals surface area contributed by atoms with Gasteiger partial charge in [-0.15, -0.1) is 0 Å². The van der Waals surface area contributed by atoms with Crippen molar-refractivity contribution in [2.45, 2.75) is 52.4 Å². The maximum atomic E-state index is 11.4. The Morgan fingerprint density at radius 3 is 2.50 bits per heavy atom. The number of carbonyl (C=O) groups is 1. The third-order valence-corrected chi connectivity index (χ3v) is 3.00. The van der Waals surface area contributed by atoms with E-state index in [1.165, 1.54) is 19.3 Å². The fraction of sp³-hybridized carbons (Fsp3) is 0.833. The van der Waals surface area contributed by atoms with Crippen molar-refractivity contribution >= 4 is 23.1 Å². The lowest BCUT2D eigenvalue weighted by molar-refractivity contribution is -0.121. The van der Waals surface area contributed by atoms with E-state index >= 15 is 0 Å². The Kier molecular flexibility index (Phi) is 9.19. The monoisotopic (exact) mass is 244 g/mol. The van der Waals surface area contributed by atoms with Crippen LogP contribution in [0.5, 0.6) is 0 Å². The van der Waals surface area contributed by atoms with Gasteiger partial charge < -0.3 is 11.1 Å². The predicted molar refractivity (Wildman–Crippen MR) is 72.3 cm³/mol. The standard InChI is InChI=1S/C12H24N2OS/c1-3-4-5-6-7-8-11(15)14-9-10(2)12(13)16/h10H,3-9H2,1-2H3,(H2,13,16)(H,14,15). The highest BCUT2D eigenvalue weighted by Gasteiger charge is 2.07. The lowest BCUT2D eigenvalue weighted by Crippen LogP contribution is -2.33. The second-order valence-corrected chi connectivity index (χ2v) is 4.74. The summed E-state index contributed by atoms with van der Waals surface area (Å²) in [7, 11) is 0. The van der Waals surface area contributed by atoms with Crippen molar-refractivity contribution in [1.82, 2.24) is 5.32 Å². The van der Waals surface area contributed by atoms with E-state index in [0.717, 1.165) is 12.8 Å². The minimum absolute atomic E-state index is 0.0824. The smallest absolute Gasteiger partial charge is 0.220 e. The van der Waals surface area contributed by atoms with Crippen LogP contribution in [0.3, 0.4) is 0 Å². The van der Waals surface area contributed by atoms with Crippen LogP contribution in [0.15, 0.2) is 0 Å². The summed E-state index contributed by atoms with van der Waals surface area (Å²) in [6, 6.07) is 0. The molecule has 4 heteroatoms. The fourth-order valence-electron chi connectivity index (χ4n) is 1.35. The molecule has 0 aromatic heterocycles. The van der Waals surface area contributed by atoms with Crippen LogP contribution in [0.4, 0.5) is 0 Å². The number of thiocarbonyl (C=S) groups is 1. The topological polar surface area (TPSA) is 55.1 Å². The molecule has 0 radical (unpaired) electrons. The van der Waals surface area contributed by atoms with Crippen molar-refractivity contribution < 1.29 is 4.79 Å². The second-order valence-electron chi connectivity index (χ2n) is 4.27. The van der Waals surface area contributed by atoms with E-state index in [9.17, 15) is 4.79 Å². The number of hydrogen-bond acceptors (Lipinski definition) is 2. The summed E-state index contributed by atoms with van der Waals surface area (Å²) in [6.07, 6.45) is 6.47. The summed E-state index contributed by atoms with van der Waals surface area (Å²) in [6.45, 7) is 4.66.